The van der Waals surface area contributed by atoms with Crippen molar-refractivity contribution in [3.63, 3.8) is 0 Å². The second-order valence-electron chi connectivity index (χ2n) is 4.98. The highest BCUT2D eigenvalue weighted by atomic mass is 16.4. The number of aliphatic carboxylic acids is 1. The zero-order chi connectivity index (χ0) is 13.0. The van der Waals surface area contributed by atoms with Gasteiger partial charge in [-0.3, -0.25) is 9.59 Å². The molecule has 0 saturated heterocycles. The van der Waals surface area contributed by atoms with Gasteiger partial charge < -0.3 is 5.11 Å². The molecule has 3 nitrogen and oxygen atoms in total. The van der Waals surface area contributed by atoms with Crippen LogP contribution in [0.5, 0.6) is 0 Å². The molecule has 1 aromatic rings. The maximum absolute atomic E-state index is 12.1. The number of ketones is 1. The number of benzene rings is 1. The topological polar surface area (TPSA) is 54.4 Å². The summed E-state index contributed by atoms with van der Waals surface area (Å²) in [7, 11) is 0. The highest BCUT2D eigenvalue weighted by Gasteiger charge is 2.32. The fourth-order valence-electron chi connectivity index (χ4n) is 2.76. The molecule has 2 rings (SSSR count). The lowest BCUT2D eigenvalue weighted by Crippen LogP contribution is -2.28. The van der Waals surface area contributed by atoms with Crippen LogP contribution in [-0.4, -0.2) is 16.9 Å². The zero-order valence-corrected chi connectivity index (χ0v) is 10.3. The molecule has 1 aliphatic rings. The smallest absolute Gasteiger partial charge is 0.306 e. The first-order valence-corrected chi connectivity index (χ1v) is 6.49. The van der Waals surface area contributed by atoms with Gasteiger partial charge in [0.1, 0.15) is 0 Å². The van der Waals surface area contributed by atoms with Crippen molar-refractivity contribution in [3.8, 4) is 0 Å². The molecule has 0 amide bonds. The largest absolute Gasteiger partial charge is 0.481 e. The Bertz CT molecular complexity index is 425. The lowest BCUT2D eigenvalue weighted by atomic mass is 9.76. The normalized spacial score (nSPS) is 23.6. The molecule has 2 unspecified atom stereocenters. The summed E-state index contributed by atoms with van der Waals surface area (Å²) in [6.45, 7) is 0. The first-order chi connectivity index (χ1) is 8.68. The van der Waals surface area contributed by atoms with Crippen LogP contribution < -0.4 is 0 Å². The molecule has 2 atom stereocenters. The van der Waals surface area contributed by atoms with Crippen LogP contribution in [0.4, 0.5) is 0 Å². The van der Waals surface area contributed by atoms with E-state index >= 15 is 0 Å². The van der Waals surface area contributed by atoms with Gasteiger partial charge in [0.05, 0.1) is 5.92 Å². The highest BCUT2D eigenvalue weighted by Crippen LogP contribution is 2.33. The van der Waals surface area contributed by atoms with Crippen molar-refractivity contribution in [2.24, 2.45) is 11.8 Å². The van der Waals surface area contributed by atoms with Gasteiger partial charge in [0.25, 0.3) is 0 Å². The standard InChI is InChI=1S/C15H18O3/c16-14(11-6-2-1-3-7-11)10-12-8-4-5-9-13(12)15(17)18/h1-3,6-7,12-13H,4-5,8-10H2,(H,17,18). The molecule has 96 valence electrons. The van der Waals surface area contributed by atoms with Crippen LogP contribution in [-0.2, 0) is 4.79 Å². The fraction of sp³-hybridized carbons (Fsp3) is 0.467. The first-order valence-electron chi connectivity index (χ1n) is 6.49. The van der Waals surface area contributed by atoms with Gasteiger partial charge in [0, 0.05) is 12.0 Å². The monoisotopic (exact) mass is 246 g/mol. The third-order valence-corrected chi connectivity index (χ3v) is 3.77. The second kappa shape index (κ2) is 5.80. The predicted molar refractivity (Wildman–Crippen MR) is 68.5 cm³/mol. The molecule has 0 aromatic heterocycles. The maximum atomic E-state index is 12.1. The van der Waals surface area contributed by atoms with Gasteiger partial charge in [-0.1, -0.05) is 43.2 Å². The van der Waals surface area contributed by atoms with Crippen LogP contribution in [0.15, 0.2) is 30.3 Å². The van der Waals surface area contributed by atoms with E-state index in [0.29, 0.717) is 18.4 Å². The van der Waals surface area contributed by atoms with Crippen molar-refractivity contribution in [1.82, 2.24) is 0 Å². The molecular formula is C15H18O3. The first kappa shape index (κ1) is 12.8. The Morgan fingerprint density at radius 2 is 1.78 bits per heavy atom. The summed E-state index contributed by atoms with van der Waals surface area (Å²) in [6, 6.07) is 9.13. The summed E-state index contributed by atoms with van der Waals surface area (Å²) >= 11 is 0. The molecule has 18 heavy (non-hydrogen) atoms. The third-order valence-electron chi connectivity index (χ3n) is 3.77. The molecule has 3 heteroatoms. The molecule has 1 saturated carbocycles. The Balaban J connectivity index is 2.03. The maximum Gasteiger partial charge on any atom is 0.306 e. The van der Waals surface area contributed by atoms with Crippen LogP contribution in [0, 0.1) is 11.8 Å². The van der Waals surface area contributed by atoms with Crippen molar-refractivity contribution in [1.29, 1.82) is 0 Å². The summed E-state index contributed by atoms with van der Waals surface area (Å²) < 4.78 is 0. The van der Waals surface area contributed by atoms with Crippen LogP contribution in [0.2, 0.25) is 0 Å². The second-order valence-corrected chi connectivity index (χ2v) is 4.98. The zero-order valence-electron chi connectivity index (χ0n) is 10.3. The number of hydrogen-bond donors (Lipinski definition) is 1. The van der Waals surface area contributed by atoms with Gasteiger partial charge in [0.2, 0.25) is 0 Å². The summed E-state index contributed by atoms with van der Waals surface area (Å²) in [6.07, 6.45) is 3.93. The Labute approximate surface area is 107 Å². The molecule has 1 aromatic carbocycles. The minimum atomic E-state index is -0.749. The van der Waals surface area contributed by atoms with E-state index in [1.165, 1.54) is 0 Å². The minimum absolute atomic E-state index is 0.00366. The summed E-state index contributed by atoms with van der Waals surface area (Å²) in [5.74, 6) is -1.02. The number of carbonyl (C=O) groups is 2. The molecule has 0 spiro atoms. The van der Waals surface area contributed by atoms with E-state index in [2.05, 4.69) is 0 Å². The van der Waals surface area contributed by atoms with E-state index in [-0.39, 0.29) is 17.6 Å². The Hall–Kier alpha value is -1.64. The van der Waals surface area contributed by atoms with E-state index in [9.17, 15) is 14.7 Å². The van der Waals surface area contributed by atoms with Crippen LogP contribution >= 0.6 is 0 Å². The number of rotatable bonds is 4. The van der Waals surface area contributed by atoms with Gasteiger partial charge in [-0.25, -0.2) is 0 Å². The molecule has 1 aliphatic carbocycles. The quantitative estimate of drug-likeness (QED) is 0.830. The van der Waals surface area contributed by atoms with Crippen molar-refractivity contribution < 1.29 is 14.7 Å². The Morgan fingerprint density at radius 3 is 2.44 bits per heavy atom. The van der Waals surface area contributed by atoms with Crippen LogP contribution in [0.25, 0.3) is 0 Å². The minimum Gasteiger partial charge on any atom is -0.481 e. The molecular weight excluding hydrogens is 228 g/mol. The van der Waals surface area contributed by atoms with E-state index in [1.807, 2.05) is 18.2 Å². The SMILES string of the molecule is O=C(CC1CCCCC1C(=O)O)c1ccccc1. The van der Waals surface area contributed by atoms with E-state index < -0.39 is 5.97 Å². The summed E-state index contributed by atoms with van der Waals surface area (Å²) in [4.78, 5) is 23.3. The number of carboxylic acids is 1. The predicted octanol–water partition coefficient (Wildman–Crippen LogP) is 3.15. The van der Waals surface area contributed by atoms with Crippen molar-refractivity contribution in [2.45, 2.75) is 32.1 Å². The van der Waals surface area contributed by atoms with E-state index in [4.69, 9.17) is 0 Å². The van der Waals surface area contributed by atoms with Crippen molar-refractivity contribution >= 4 is 11.8 Å². The van der Waals surface area contributed by atoms with Crippen molar-refractivity contribution in [3.05, 3.63) is 35.9 Å². The lowest BCUT2D eigenvalue weighted by molar-refractivity contribution is -0.144. The van der Waals surface area contributed by atoms with Gasteiger partial charge in [-0.05, 0) is 18.8 Å². The Kier molecular flexibility index (Phi) is 4.13. The lowest BCUT2D eigenvalue weighted by Gasteiger charge is -2.27. The van der Waals surface area contributed by atoms with Gasteiger partial charge >= 0.3 is 5.97 Å². The average molecular weight is 246 g/mol. The van der Waals surface area contributed by atoms with E-state index in [1.54, 1.807) is 12.1 Å². The molecule has 0 aliphatic heterocycles. The molecule has 1 N–H and O–H groups in total. The average Bonchev–Trinajstić information content (AvgIpc) is 2.40. The molecule has 0 heterocycles. The van der Waals surface area contributed by atoms with E-state index in [0.717, 1.165) is 19.3 Å². The molecule has 0 bridgehead atoms. The summed E-state index contributed by atoms with van der Waals surface area (Å²) in [5, 5.41) is 9.18. The van der Waals surface area contributed by atoms with Crippen LogP contribution in [0.1, 0.15) is 42.5 Å². The highest BCUT2D eigenvalue weighted by molar-refractivity contribution is 5.96. The number of carbonyl (C=O) groups excluding carboxylic acids is 1. The van der Waals surface area contributed by atoms with Gasteiger partial charge in [-0.15, -0.1) is 0 Å². The number of hydrogen-bond acceptors (Lipinski definition) is 2. The number of Topliss-reactive ketones (excluding diaryl/α,β-unsaturated/α-hetero) is 1. The molecule has 0 radical (unpaired) electrons. The fourth-order valence-corrected chi connectivity index (χ4v) is 2.76. The number of carboxylic acid groups (broad SMARTS) is 1. The Morgan fingerprint density at radius 1 is 1.11 bits per heavy atom. The third kappa shape index (κ3) is 2.97. The molecule has 1 fully saturated rings. The van der Waals surface area contributed by atoms with Crippen molar-refractivity contribution in [2.75, 3.05) is 0 Å². The van der Waals surface area contributed by atoms with Crippen LogP contribution in [0.3, 0.4) is 0 Å². The van der Waals surface area contributed by atoms with Gasteiger partial charge in [0.15, 0.2) is 5.78 Å². The van der Waals surface area contributed by atoms with Gasteiger partial charge in [-0.2, -0.15) is 0 Å². The summed E-state index contributed by atoms with van der Waals surface area (Å²) in [5.41, 5.74) is 0.687.